The molecule has 0 radical (unpaired) electrons. The lowest BCUT2D eigenvalue weighted by Gasteiger charge is -2.32. The minimum Gasteiger partial charge on any atom is -0.530 e. The highest BCUT2D eigenvalue weighted by atomic mass is 16.4. The summed E-state index contributed by atoms with van der Waals surface area (Å²) in [5.41, 5.74) is 3.25. The summed E-state index contributed by atoms with van der Waals surface area (Å²) in [7, 11) is 2.07. The van der Waals surface area contributed by atoms with Crippen molar-refractivity contribution in [2.24, 2.45) is 7.05 Å². The molecule has 4 rings (SSSR count). The first-order chi connectivity index (χ1) is 14.0. The number of nitrogens with zero attached hydrogens (tertiary/aromatic N) is 4. The number of benzene rings is 1. The summed E-state index contributed by atoms with van der Waals surface area (Å²) < 4.78 is 4.37. The number of rotatable bonds is 6. The number of para-hydroxylation sites is 2. The SMILES string of the molecule is Cc1ccc(-n2c(NC3CCN(CCNC(=O)[O-])CC3)nc3ccccc32)n1C. The number of carboxylic acid groups (broad SMARTS) is 1. The predicted octanol–water partition coefficient (Wildman–Crippen LogP) is 1.48. The molecule has 1 saturated heterocycles. The van der Waals surface area contributed by atoms with E-state index in [1.54, 1.807) is 0 Å². The van der Waals surface area contributed by atoms with Gasteiger partial charge in [0.05, 0.1) is 11.0 Å². The van der Waals surface area contributed by atoms with E-state index >= 15 is 0 Å². The molecule has 154 valence electrons. The van der Waals surface area contributed by atoms with Gasteiger partial charge in [0.2, 0.25) is 5.95 Å². The predicted molar refractivity (Wildman–Crippen MR) is 111 cm³/mol. The smallest absolute Gasteiger partial charge is 0.209 e. The van der Waals surface area contributed by atoms with Gasteiger partial charge < -0.3 is 30.0 Å². The van der Waals surface area contributed by atoms with Crippen LogP contribution in [0.3, 0.4) is 0 Å². The van der Waals surface area contributed by atoms with Crippen LogP contribution in [-0.2, 0) is 7.05 Å². The van der Waals surface area contributed by atoms with Crippen LogP contribution in [0.4, 0.5) is 10.7 Å². The van der Waals surface area contributed by atoms with Crippen LogP contribution < -0.4 is 15.7 Å². The fraction of sp³-hybridized carbons (Fsp3) is 0.429. The minimum absolute atomic E-state index is 0.331. The molecule has 3 heterocycles. The molecule has 2 aromatic heterocycles. The van der Waals surface area contributed by atoms with Crippen LogP contribution in [0.2, 0.25) is 0 Å². The highest BCUT2D eigenvalue weighted by Gasteiger charge is 2.22. The third-order valence-corrected chi connectivity index (χ3v) is 5.75. The second-order valence-electron chi connectivity index (χ2n) is 7.63. The summed E-state index contributed by atoms with van der Waals surface area (Å²) in [4.78, 5) is 17.6. The summed E-state index contributed by atoms with van der Waals surface area (Å²) in [6.45, 7) is 5.07. The Kier molecular flexibility index (Phi) is 5.44. The number of fused-ring (bicyclic) bond motifs is 1. The van der Waals surface area contributed by atoms with Crippen molar-refractivity contribution >= 4 is 23.1 Å². The van der Waals surface area contributed by atoms with E-state index < -0.39 is 6.09 Å². The van der Waals surface area contributed by atoms with Gasteiger partial charge in [0, 0.05) is 45.0 Å². The topological polar surface area (TPSA) is 90.2 Å². The Morgan fingerprint density at radius 2 is 1.97 bits per heavy atom. The first kappa shape index (κ1) is 19.3. The van der Waals surface area contributed by atoms with Crippen molar-refractivity contribution in [2.45, 2.75) is 25.8 Å². The average Bonchev–Trinajstić information content (AvgIpc) is 3.22. The van der Waals surface area contributed by atoms with Crippen molar-refractivity contribution in [1.29, 1.82) is 0 Å². The van der Waals surface area contributed by atoms with Crippen LogP contribution >= 0.6 is 0 Å². The Morgan fingerprint density at radius 3 is 2.66 bits per heavy atom. The lowest BCUT2D eigenvalue weighted by Crippen LogP contribution is -2.45. The number of hydrogen-bond donors (Lipinski definition) is 2. The maximum atomic E-state index is 10.5. The van der Waals surface area contributed by atoms with Gasteiger partial charge in [0.25, 0.3) is 0 Å². The van der Waals surface area contributed by atoms with Crippen LogP contribution in [0.25, 0.3) is 16.9 Å². The van der Waals surface area contributed by atoms with Gasteiger partial charge in [-0.3, -0.25) is 4.57 Å². The number of piperidine rings is 1. The van der Waals surface area contributed by atoms with E-state index in [9.17, 15) is 9.90 Å². The fourth-order valence-corrected chi connectivity index (χ4v) is 3.98. The van der Waals surface area contributed by atoms with Gasteiger partial charge in [0.1, 0.15) is 11.9 Å². The lowest BCUT2D eigenvalue weighted by atomic mass is 10.1. The molecule has 2 N–H and O–H groups in total. The van der Waals surface area contributed by atoms with Crippen molar-refractivity contribution in [3.8, 4) is 5.82 Å². The number of carbonyl (C=O) groups excluding carboxylic acids is 1. The number of aryl methyl sites for hydroxylation is 1. The normalized spacial score (nSPS) is 15.7. The minimum atomic E-state index is -1.21. The summed E-state index contributed by atoms with van der Waals surface area (Å²) in [6.07, 6.45) is 0.762. The van der Waals surface area contributed by atoms with Crippen molar-refractivity contribution in [2.75, 3.05) is 31.5 Å². The van der Waals surface area contributed by atoms with Gasteiger partial charge in [-0.1, -0.05) is 12.1 Å². The molecule has 0 atom stereocenters. The molecule has 1 amide bonds. The molecule has 1 fully saturated rings. The summed E-state index contributed by atoms with van der Waals surface area (Å²) in [6, 6.07) is 12.8. The fourth-order valence-electron chi connectivity index (χ4n) is 3.98. The molecular weight excluding hydrogens is 368 g/mol. The maximum Gasteiger partial charge on any atom is 0.209 e. The van der Waals surface area contributed by atoms with Crippen molar-refractivity contribution in [3.63, 3.8) is 0 Å². The average molecular weight is 395 g/mol. The number of anilines is 1. The summed E-state index contributed by atoms with van der Waals surface area (Å²) in [5, 5.41) is 16.5. The van der Waals surface area contributed by atoms with Crippen LogP contribution in [0.1, 0.15) is 18.5 Å². The van der Waals surface area contributed by atoms with Gasteiger partial charge in [-0.15, -0.1) is 0 Å². The van der Waals surface area contributed by atoms with Crippen molar-refractivity contribution < 1.29 is 9.90 Å². The van der Waals surface area contributed by atoms with E-state index in [0.29, 0.717) is 19.1 Å². The third kappa shape index (κ3) is 4.07. The Labute approximate surface area is 170 Å². The van der Waals surface area contributed by atoms with E-state index in [2.05, 4.69) is 56.8 Å². The zero-order valence-corrected chi connectivity index (χ0v) is 16.9. The zero-order chi connectivity index (χ0) is 20.4. The van der Waals surface area contributed by atoms with E-state index in [4.69, 9.17) is 4.98 Å². The van der Waals surface area contributed by atoms with Crippen LogP contribution in [0.15, 0.2) is 36.4 Å². The number of imidazole rings is 1. The van der Waals surface area contributed by atoms with Gasteiger partial charge in [-0.2, -0.15) is 0 Å². The number of carbonyl (C=O) groups is 1. The molecule has 3 aromatic rings. The quantitative estimate of drug-likeness (QED) is 0.660. The lowest BCUT2D eigenvalue weighted by molar-refractivity contribution is -0.250. The molecule has 0 saturated carbocycles. The highest BCUT2D eigenvalue weighted by molar-refractivity contribution is 5.81. The van der Waals surface area contributed by atoms with Gasteiger partial charge in [0.15, 0.2) is 0 Å². The zero-order valence-electron chi connectivity index (χ0n) is 16.9. The summed E-state index contributed by atoms with van der Waals surface area (Å²) >= 11 is 0. The summed E-state index contributed by atoms with van der Waals surface area (Å²) in [5.74, 6) is 1.95. The van der Waals surface area contributed by atoms with Crippen LogP contribution in [0.5, 0.6) is 0 Å². The molecule has 8 nitrogen and oxygen atoms in total. The Hall–Kier alpha value is -3.00. The van der Waals surface area contributed by atoms with E-state index in [-0.39, 0.29) is 0 Å². The standard InChI is InChI=1S/C21H28N6O2/c1-15-7-8-19(25(15)2)27-18-6-4-3-5-17(18)24-20(27)23-16-9-12-26(13-10-16)14-11-22-21(28)29/h3-8,16,22H,9-14H2,1-2H3,(H,23,24)(H,28,29)/p-1. The molecular formula is C21H27N6O2-. The Morgan fingerprint density at radius 1 is 1.21 bits per heavy atom. The highest BCUT2D eigenvalue weighted by Crippen LogP contribution is 2.27. The number of amides is 1. The monoisotopic (exact) mass is 395 g/mol. The first-order valence-corrected chi connectivity index (χ1v) is 10.1. The number of aromatic nitrogens is 3. The Bertz CT molecular complexity index is 1000. The number of nitrogens with one attached hydrogen (secondary N) is 2. The van der Waals surface area contributed by atoms with Gasteiger partial charge >= 0.3 is 0 Å². The molecule has 1 aliphatic rings. The molecule has 0 bridgehead atoms. The second kappa shape index (κ2) is 8.16. The first-order valence-electron chi connectivity index (χ1n) is 10.1. The molecule has 8 heteroatoms. The molecule has 1 aromatic carbocycles. The third-order valence-electron chi connectivity index (χ3n) is 5.75. The number of likely N-dealkylation sites (tertiary alicyclic amines) is 1. The molecule has 1 aliphatic heterocycles. The molecule has 0 unspecified atom stereocenters. The molecule has 0 aliphatic carbocycles. The van der Waals surface area contributed by atoms with Crippen LogP contribution in [-0.4, -0.2) is 57.3 Å². The maximum absolute atomic E-state index is 10.5. The van der Waals surface area contributed by atoms with Gasteiger partial charge in [-0.05, 0) is 44.0 Å². The van der Waals surface area contributed by atoms with Crippen molar-refractivity contribution in [3.05, 3.63) is 42.1 Å². The van der Waals surface area contributed by atoms with Crippen LogP contribution in [0, 0.1) is 6.92 Å². The van der Waals surface area contributed by atoms with E-state index in [1.165, 1.54) is 5.69 Å². The largest absolute Gasteiger partial charge is 0.530 e. The molecule has 29 heavy (non-hydrogen) atoms. The van der Waals surface area contributed by atoms with Crippen molar-refractivity contribution in [1.82, 2.24) is 24.3 Å². The molecule has 0 spiro atoms. The van der Waals surface area contributed by atoms with Gasteiger partial charge in [-0.25, -0.2) is 4.98 Å². The Balaban J connectivity index is 1.50. The number of hydrogen-bond acceptors (Lipinski definition) is 5. The van der Waals surface area contributed by atoms with E-state index in [1.807, 2.05) is 18.2 Å². The second-order valence-corrected chi connectivity index (χ2v) is 7.63. The van der Waals surface area contributed by atoms with E-state index in [0.717, 1.165) is 48.7 Å².